The molecule has 1 aromatic rings. The molecule has 0 unspecified atom stereocenters. The van der Waals surface area contributed by atoms with Crippen molar-refractivity contribution in [1.29, 1.82) is 0 Å². The molecule has 1 heterocycles. The Labute approximate surface area is 117 Å². The summed E-state index contributed by atoms with van der Waals surface area (Å²) >= 11 is 0. The van der Waals surface area contributed by atoms with E-state index in [0.29, 0.717) is 18.0 Å². The minimum atomic E-state index is -1.01. The number of carboxylic acids is 2. The van der Waals surface area contributed by atoms with Gasteiger partial charge in [-0.1, -0.05) is 13.8 Å². The summed E-state index contributed by atoms with van der Waals surface area (Å²) in [5.41, 5.74) is 11.1. The van der Waals surface area contributed by atoms with Crippen molar-refractivity contribution in [2.45, 2.75) is 38.8 Å². The van der Waals surface area contributed by atoms with Crippen molar-refractivity contribution in [2.24, 2.45) is 17.4 Å². The number of hydrogen-bond acceptors (Lipinski definition) is 5. The van der Waals surface area contributed by atoms with Crippen LogP contribution in [0.5, 0.6) is 0 Å². The molecule has 2 atom stereocenters. The Kier molecular flexibility index (Phi) is 8.18. The highest BCUT2D eigenvalue weighted by Crippen LogP contribution is 2.01. The fourth-order valence-corrected chi connectivity index (χ4v) is 1.32. The van der Waals surface area contributed by atoms with Crippen molar-refractivity contribution in [2.75, 3.05) is 0 Å². The summed E-state index contributed by atoms with van der Waals surface area (Å²) in [6.45, 7) is 3.89. The van der Waals surface area contributed by atoms with E-state index in [1.807, 2.05) is 13.8 Å². The van der Waals surface area contributed by atoms with Gasteiger partial charge in [0, 0.05) is 12.6 Å². The molecule has 0 saturated heterocycles. The number of H-pyrrole nitrogens is 1. The van der Waals surface area contributed by atoms with Gasteiger partial charge in [0.1, 0.15) is 12.1 Å². The summed E-state index contributed by atoms with van der Waals surface area (Å²) < 4.78 is 0. The van der Waals surface area contributed by atoms with E-state index in [2.05, 4.69) is 9.97 Å². The van der Waals surface area contributed by atoms with Gasteiger partial charge in [0.05, 0.1) is 12.0 Å². The summed E-state index contributed by atoms with van der Waals surface area (Å²) in [6, 6.07) is -1.55. The van der Waals surface area contributed by atoms with E-state index in [4.69, 9.17) is 21.7 Å². The van der Waals surface area contributed by atoms with Crippen LogP contribution in [0.25, 0.3) is 0 Å². The number of imidazole rings is 1. The molecule has 0 bridgehead atoms. The first-order valence-electron chi connectivity index (χ1n) is 6.18. The van der Waals surface area contributed by atoms with Gasteiger partial charge in [-0.2, -0.15) is 0 Å². The standard InChI is InChI=1S/C6H9N3O2.C6H13NO2/c7-5(6(10)11)1-4-2-8-3-9-4;1-4(2)3-5(7)6(8)9/h2-3,5H,1,7H2,(H,8,9)(H,10,11);4-5H,3,7H2,1-2H3,(H,8,9)/t2*5-/m01/s1. The van der Waals surface area contributed by atoms with Crippen molar-refractivity contribution >= 4 is 11.9 Å². The van der Waals surface area contributed by atoms with Gasteiger partial charge in [0.2, 0.25) is 0 Å². The summed E-state index contributed by atoms with van der Waals surface area (Å²) in [5.74, 6) is -1.56. The van der Waals surface area contributed by atoms with Crippen LogP contribution in [-0.2, 0) is 16.0 Å². The van der Waals surface area contributed by atoms with E-state index in [-0.39, 0.29) is 6.42 Å². The molecule has 0 aliphatic heterocycles. The first kappa shape index (κ1) is 18.1. The fourth-order valence-electron chi connectivity index (χ4n) is 1.32. The van der Waals surface area contributed by atoms with E-state index in [0.717, 1.165) is 0 Å². The van der Waals surface area contributed by atoms with Gasteiger partial charge in [-0.3, -0.25) is 9.59 Å². The number of nitrogens with two attached hydrogens (primary N) is 2. The van der Waals surface area contributed by atoms with Crippen LogP contribution in [-0.4, -0.2) is 44.2 Å². The lowest BCUT2D eigenvalue weighted by atomic mass is 10.1. The van der Waals surface area contributed by atoms with Crippen molar-refractivity contribution in [1.82, 2.24) is 9.97 Å². The lowest BCUT2D eigenvalue weighted by Gasteiger charge is -2.07. The Balaban J connectivity index is 0.000000370. The van der Waals surface area contributed by atoms with Crippen molar-refractivity contribution in [3.05, 3.63) is 18.2 Å². The molecule has 0 aliphatic rings. The molecule has 0 aliphatic carbocycles. The molecule has 8 heteroatoms. The number of aromatic nitrogens is 2. The third-order valence-electron chi connectivity index (χ3n) is 2.34. The number of carboxylic acid groups (broad SMARTS) is 2. The molecule has 7 N–H and O–H groups in total. The Hall–Kier alpha value is -1.93. The molecular weight excluding hydrogens is 264 g/mol. The van der Waals surface area contributed by atoms with Gasteiger partial charge in [-0.05, 0) is 12.3 Å². The van der Waals surface area contributed by atoms with Gasteiger partial charge in [-0.15, -0.1) is 0 Å². The third-order valence-corrected chi connectivity index (χ3v) is 2.34. The normalized spacial score (nSPS) is 13.2. The minimum absolute atomic E-state index is 0.263. The van der Waals surface area contributed by atoms with Crippen LogP contribution in [0.15, 0.2) is 12.5 Å². The summed E-state index contributed by atoms with van der Waals surface area (Å²) in [4.78, 5) is 26.9. The molecule has 0 spiro atoms. The average Bonchev–Trinajstić information content (AvgIpc) is 2.81. The smallest absolute Gasteiger partial charge is 0.320 e. The van der Waals surface area contributed by atoms with Crippen molar-refractivity contribution < 1.29 is 19.8 Å². The third kappa shape index (κ3) is 8.22. The van der Waals surface area contributed by atoms with Crippen LogP contribution in [0.3, 0.4) is 0 Å². The number of aliphatic carboxylic acids is 2. The highest BCUT2D eigenvalue weighted by atomic mass is 16.4. The minimum Gasteiger partial charge on any atom is -0.480 e. The lowest BCUT2D eigenvalue weighted by Crippen LogP contribution is -2.32. The molecule has 20 heavy (non-hydrogen) atoms. The molecule has 0 aromatic carbocycles. The predicted molar refractivity (Wildman–Crippen MR) is 73.0 cm³/mol. The number of aromatic amines is 1. The molecule has 0 fully saturated rings. The highest BCUT2D eigenvalue weighted by molar-refractivity contribution is 5.73. The highest BCUT2D eigenvalue weighted by Gasteiger charge is 2.12. The van der Waals surface area contributed by atoms with Crippen LogP contribution in [0.4, 0.5) is 0 Å². The molecule has 1 aromatic heterocycles. The molecule has 1 rings (SSSR count). The lowest BCUT2D eigenvalue weighted by molar-refractivity contribution is -0.139. The van der Waals surface area contributed by atoms with E-state index >= 15 is 0 Å². The van der Waals surface area contributed by atoms with Gasteiger partial charge >= 0.3 is 11.9 Å². The maximum Gasteiger partial charge on any atom is 0.320 e. The second kappa shape index (κ2) is 9.05. The second-order valence-electron chi connectivity index (χ2n) is 4.78. The van der Waals surface area contributed by atoms with E-state index in [9.17, 15) is 9.59 Å². The molecular formula is C12H22N4O4. The monoisotopic (exact) mass is 286 g/mol. The summed E-state index contributed by atoms with van der Waals surface area (Å²) in [6.07, 6.45) is 3.93. The number of carbonyl (C=O) groups is 2. The SMILES string of the molecule is CC(C)C[C@@H](N)C(=O)O.N[C@@H](Cc1c[nH]cn1)C(=O)O. The molecule has 114 valence electrons. The Bertz CT molecular complexity index is 406. The zero-order valence-electron chi connectivity index (χ0n) is 11.6. The zero-order valence-corrected chi connectivity index (χ0v) is 11.6. The zero-order chi connectivity index (χ0) is 15.7. The van der Waals surface area contributed by atoms with Crippen LogP contribution < -0.4 is 11.5 Å². The first-order valence-corrected chi connectivity index (χ1v) is 6.18. The van der Waals surface area contributed by atoms with Gasteiger partial charge < -0.3 is 26.7 Å². The first-order chi connectivity index (χ1) is 9.23. The maximum atomic E-state index is 10.3. The van der Waals surface area contributed by atoms with E-state index in [1.54, 1.807) is 6.20 Å². The topological polar surface area (TPSA) is 155 Å². The largest absolute Gasteiger partial charge is 0.480 e. The number of hydrogen-bond donors (Lipinski definition) is 5. The quantitative estimate of drug-likeness (QED) is 0.485. The molecule has 0 radical (unpaired) electrons. The number of nitrogens with zero attached hydrogens (tertiary/aromatic N) is 1. The second-order valence-corrected chi connectivity index (χ2v) is 4.78. The molecule has 0 amide bonds. The van der Waals surface area contributed by atoms with Crippen LogP contribution in [0.1, 0.15) is 26.0 Å². The average molecular weight is 286 g/mol. The maximum absolute atomic E-state index is 10.3. The van der Waals surface area contributed by atoms with Crippen LogP contribution in [0, 0.1) is 5.92 Å². The molecule has 0 saturated carbocycles. The van der Waals surface area contributed by atoms with E-state index < -0.39 is 24.0 Å². The predicted octanol–water partition coefficient (Wildman–Crippen LogP) is -0.191. The van der Waals surface area contributed by atoms with Gasteiger partial charge in [0.25, 0.3) is 0 Å². The van der Waals surface area contributed by atoms with Gasteiger partial charge in [0.15, 0.2) is 0 Å². The van der Waals surface area contributed by atoms with E-state index in [1.165, 1.54) is 6.33 Å². The fraction of sp³-hybridized carbons (Fsp3) is 0.583. The Morgan fingerprint density at radius 3 is 2.10 bits per heavy atom. The number of nitrogens with one attached hydrogen (secondary N) is 1. The van der Waals surface area contributed by atoms with Crippen molar-refractivity contribution in [3.8, 4) is 0 Å². The van der Waals surface area contributed by atoms with Gasteiger partial charge in [-0.25, -0.2) is 4.98 Å². The molecule has 8 nitrogen and oxygen atoms in total. The Morgan fingerprint density at radius 1 is 1.25 bits per heavy atom. The van der Waals surface area contributed by atoms with Crippen LogP contribution >= 0.6 is 0 Å². The number of rotatable bonds is 6. The van der Waals surface area contributed by atoms with Crippen LogP contribution in [0.2, 0.25) is 0 Å². The Morgan fingerprint density at radius 2 is 1.80 bits per heavy atom. The summed E-state index contributed by atoms with van der Waals surface area (Å²) in [5, 5.41) is 16.7. The van der Waals surface area contributed by atoms with Crippen molar-refractivity contribution in [3.63, 3.8) is 0 Å². The summed E-state index contributed by atoms with van der Waals surface area (Å²) in [7, 11) is 0.